The molecule has 2 rings (SSSR count). The van der Waals surface area contributed by atoms with E-state index in [4.69, 9.17) is 4.74 Å². The molecular weight excluding hydrogens is 308 g/mol. The highest BCUT2D eigenvalue weighted by Gasteiger charge is 2.24. The van der Waals surface area contributed by atoms with Crippen LogP contribution in [0.25, 0.3) is 5.69 Å². The Labute approximate surface area is 141 Å². The maximum Gasteiger partial charge on any atom is 0.408 e. The molecule has 24 heavy (non-hydrogen) atoms. The van der Waals surface area contributed by atoms with Gasteiger partial charge in [0.15, 0.2) is 0 Å². The summed E-state index contributed by atoms with van der Waals surface area (Å²) in [6, 6.07) is 10.3. The molecule has 0 saturated heterocycles. The lowest BCUT2D eigenvalue weighted by atomic mass is 10.1. The molecule has 0 radical (unpaired) electrons. The van der Waals surface area contributed by atoms with Crippen molar-refractivity contribution in [2.24, 2.45) is 0 Å². The van der Waals surface area contributed by atoms with Gasteiger partial charge in [-0.05, 0) is 50.6 Å². The van der Waals surface area contributed by atoms with Gasteiger partial charge < -0.3 is 19.7 Å². The quantitative estimate of drug-likeness (QED) is 0.883. The van der Waals surface area contributed by atoms with Crippen LogP contribution in [0.1, 0.15) is 26.3 Å². The fraction of sp³-hybridized carbons (Fsp3) is 0.333. The number of aromatic nitrogens is 1. The second kappa shape index (κ2) is 7.21. The summed E-state index contributed by atoms with van der Waals surface area (Å²) in [4.78, 5) is 23.2. The molecular formula is C18H22N2O4. The number of amides is 1. The van der Waals surface area contributed by atoms with E-state index in [2.05, 4.69) is 5.32 Å². The van der Waals surface area contributed by atoms with E-state index in [-0.39, 0.29) is 6.42 Å². The van der Waals surface area contributed by atoms with Crippen molar-refractivity contribution in [3.05, 3.63) is 54.4 Å². The van der Waals surface area contributed by atoms with Crippen LogP contribution in [0.15, 0.2) is 48.8 Å². The smallest absolute Gasteiger partial charge is 0.408 e. The molecule has 0 fully saturated rings. The maximum atomic E-state index is 11.8. The van der Waals surface area contributed by atoms with E-state index in [9.17, 15) is 14.7 Å². The number of carboxylic acids is 1. The number of nitrogens with zero attached hydrogens (tertiary/aromatic N) is 1. The van der Waals surface area contributed by atoms with Gasteiger partial charge >= 0.3 is 12.1 Å². The van der Waals surface area contributed by atoms with Gasteiger partial charge in [-0.2, -0.15) is 0 Å². The summed E-state index contributed by atoms with van der Waals surface area (Å²) in [5.74, 6) is -1.10. The van der Waals surface area contributed by atoms with Crippen molar-refractivity contribution in [3.63, 3.8) is 0 Å². The number of alkyl carbamates (subject to hydrolysis) is 1. The predicted molar refractivity (Wildman–Crippen MR) is 90.3 cm³/mol. The SMILES string of the molecule is CC(C)(C)OC(=O)N[C@@H](Cc1ccc(-n2cccc2)cc1)C(=O)O. The van der Waals surface area contributed by atoms with E-state index in [1.807, 2.05) is 53.4 Å². The molecule has 6 heteroatoms. The fourth-order valence-electron chi connectivity index (χ4n) is 2.20. The second-order valence-corrected chi connectivity index (χ2v) is 6.50. The number of carbonyl (C=O) groups is 2. The van der Waals surface area contributed by atoms with Crippen molar-refractivity contribution in [3.8, 4) is 5.69 Å². The molecule has 0 aliphatic heterocycles. The molecule has 1 atom stereocenters. The second-order valence-electron chi connectivity index (χ2n) is 6.50. The molecule has 128 valence electrons. The van der Waals surface area contributed by atoms with E-state index in [1.54, 1.807) is 20.8 Å². The molecule has 0 saturated carbocycles. The van der Waals surface area contributed by atoms with Crippen LogP contribution in [0.4, 0.5) is 4.79 Å². The van der Waals surface area contributed by atoms with Crippen molar-refractivity contribution >= 4 is 12.1 Å². The Balaban J connectivity index is 2.02. The minimum atomic E-state index is -1.10. The van der Waals surface area contributed by atoms with Gasteiger partial charge in [-0.1, -0.05) is 12.1 Å². The van der Waals surface area contributed by atoms with Crippen LogP contribution in [0.2, 0.25) is 0 Å². The zero-order valence-corrected chi connectivity index (χ0v) is 14.0. The molecule has 0 aliphatic rings. The van der Waals surface area contributed by atoms with E-state index < -0.39 is 23.7 Å². The van der Waals surface area contributed by atoms with Crippen molar-refractivity contribution in [2.45, 2.75) is 38.8 Å². The van der Waals surface area contributed by atoms with Gasteiger partial charge in [-0.25, -0.2) is 9.59 Å². The van der Waals surface area contributed by atoms with Gasteiger partial charge in [-0.15, -0.1) is 0 Å². The number of benzene rings is 1. The first kappa shape index (κ1) is 17.6. The number of ether oxygens (including phenoxy) is 1. The minimum absolute atomic E-state index is 0.181. The van der Waals surface area contributed by atoms with Crippen LogP contribution in [0.3, 0.4) is 0 Å². The lowest BCUT2D eigenvalue weighted by Gasteiger charge is -2.22. The molecule has 0 spiro atoms. The van der Waals surface area contributed by atoms with Crippen molar-refractivity contribution in [2.75, 3.05) is 0 Å². The third kappa shape index (κ3) is 5.15. The Hall–Kier alpha value is -2.76. The number of hydrogen-bond acceptors (Lipinski definition) is 3. The molecule has 2 aromatic rings. The largest absolute Gasteiger partial charge is 0.480 e. The molecule has 1 aromatic carbocycles. The predicted octanol–water partition coefficient (Wildman–Crippen LogP) is 3.00. The first-order valence-electron chi connectivity index (χ1n) is 7.69. The summed E-state index contributed by atoms with van der Waals surface area (Å²) >= 11 is 0. The van der Waals surface area contributed by atoms with Gasteiger partial charge in [0.1, 0.15) is 11.6 Å². The first-order chi connectivity index (χ1) is 11.2. The summed E-state index contributed by atoms with van der Waals surface area (Å²) in [7, 11) is 0. The van der Waals surface area contributed by atoms with Crippen LogP contribution in [0, 0.1) is 0 Å². The topological polar surface area (TPSA) is 80.6 Å². The summed E-state index contributed by atoms with van der Waals surface area (Å²) in [5.41, 5.74) is 1.12. The molecule has 0 aliphatic carbocycles. The molecule has 2 N–H and O–H groups in total. The summed E-state index contributed by atoms with van der Waals surface area (Å²) < 4.78 is 7.06. The van der Waals surface area contributed by atoms with Crippen molar-refractivity contribution in [1.29, 1.82) is 0 Å². The Morgan fingerprint density at radius 1 is 1.17 bits per heavy atom. The zero-order valence-electron chi connectivity index (χ0n) is 14.0. The van der Waals surface area contributed by atoms with Gasteiger partial charge in [0, 0.05) is 24.5 Å². The summed E-state index contributed by atoms with van der Waals surface area (Å²) in [6.07, 6.45) is 3.30. The van der Waals surface area contributed by atoms with Gasteiger partial charge in [0.25, 0.3) is 0 Å². The number of carboxylic acid groups (broad SMARTS) is 1. The van der Waals surface area contributed by atoms with Crippen LogP contribution in [-0.4, -0.2) is 33.4 Å². The van der Waals surface area contributed by atoms with Crippen molar-refractivity contribution < 1.29 is 19.4 Å². The standard InChI is InChI=1S/C18H22N2O4/c1-18(2,3)24-17(23)19-15(16(21)22)12-13-6-8-14(9-7-13)20-10-4-5-11-20/h4-11,15H,12H2,1-3H3,(H,19,23)(H,21,22)/t15-/m0/s1. The highest BCUT2D eigenvalue weighted by atomic mass is 16.6. The van der Waals surface area contributed by atoms with Crippen LogP contribution >= 0.6 is 0 Å². The Morgan fingerprint density at radius 3 is 2.25 bits per heavy atom. The van der Waals surface area contributed by atoms with E-state index in [1.165, 1.54) is 0 Å². The van der Waals surface area contributed by atoms with Crippen LogP contribution in [-0.2, 0) is 16.0 Å². The number of nitrogens with one attached hydrogen (secondary N) is 1. The highest BCUT2D eigenvalue weighted by molar-refractivity contribution is 5.80. The monoisotopic (exact) mass is 330 g/mol. The number of carbonyl (C=O) groups excluding carboxylic acids is 1. The normalized spacial score (nSPS) is 12.5. The third-order valence-corrected chi connectivity index (χ3v) is 3.27. The number of aliphatic carboxylic acids is 1. The first-order valence-corrected chi connectivity index (χ1v) is 7.69. The Morgan fingerprint density at radius 2 is 1.75 bits per heavy atom. The van der Waals surface area contributed by atoms with E-state index >= 15 is 0 Å². The van der Waals surface area contributed by atoms with Gasteiger partial charge in [0.05, 0.1) is 0 Å². The maximum absolute atomic E-state index is 11.8. The van der Waals surface area contributed by atoms with Gasteiger partial charge in [0.2, 0.25) is 0 Å². The van der Waals surface area contributed by atoms with Gasteiger partial charge in [-0.3, -0.25) is 0 Å². The number of hydrogen-bond donors (Lipinski definition) is 2. The molecule has 1 heterocycles. The Kier molecular flexibility index (Phi) is 5.28. The van der Waals surface area contributed by atoms with Crippen molar-refractivity contribution in [1.82, 2.24) is 9.88 Å². The lowest BCUT2D eigenvalue weighted by molar-refractivity contribution is -0.139. The van der Waals surface area contributed by atoms with E-state index in [0.29, 0.717) is 0 Å². The van der Waals surface area contributed by atoms with Crippen LogP contribution in [0.5, 0.6) is 0 Å². The van der Waals surface area contributed by atoms with E-state index in [0.717, 1.165) is 11.3 Å². The average Bonchev–Trinajstić information content (AvgIpc) is 2.99. The average molecular weight is 330 g/mol. The molecule has 1 aromatic heterocycles. The van der Waals surface area contributed by atoms with Crippen LogP contribution < -0.4 is 5.32 Å². The zero-order chi connectivity index (χ0) is 17.7. The number of rotatable bonds is 5. The highest BCUT2D eigenvalue weighted by Crippen LogP contribution is 2.12. The third-order valence-electron chi connectivity index (χ3n) is 3.27. The molecule has 6 nitrogen and oxygen atoms in total. The lowest BCUT2D eigenvalue weighted by Crippen LogP contribution is -2.44. The fourth-order valence-corrected chi connectivity index (χ4v) is 2.20. The molecule has 1 amide bonds. The summed E-state index contributed by atoms with van der Waals surface area (Å²) in [5, 5.41) is 11.7. The Bertz CT molecular complexity index is 685. The summed E-state index contributed by atoms with van der Waals surface area (Å²) in [6.45, 7) is 5.17. The molecule has 0 bridgehead atoms. The minimum Gasteiger partial charge on any atom is -0.480 e. The molecule has 0 unspecified atom stereocenters.